The maximum absolute atomic E-state index is 9.35. The summed E-state index contributed by atoms with van der Waals surface area (Å²) in [6, 6.07) is 0. The second kappa shape index (κ2) is 12.0. The van der Waals surface area contributed by atoms with Crippen molar-refractivity contribution in [2.75, 3.05) is 0 Å². The maximum Gasteiger partial charge on any atom is 2.00 e. The zero-order valence-electron chi connectivity index (χ0n) is 10.9. The molecule has 0 saturated heterocycles. The van der Waals surface area contributed by atoms with Gasteiger partial charge in [-0.15, -0.1) is 0 Å². The van der Waals surface area contributed by atoms with Crippen LogP contribution in [0.4, 0.5) is 0 Å². The van der Waals surface area contributed by atoms with Crippen LogP contribution in [0.15, 0.2) is 0 Å². The molecular formula is H8BCa3O4P. The van der Waals surface area contributed by atoms with E-state index in [1.807, 2.05) is 0 Å². The Hall–Kier alpha value is 3.95. The molecule has 0 aromatic rings. The molecule has 0 amide bonds. The minimum absolute atomic E-state index is 0. The van der Waals surface area contributed by atoms with Crippen LogP contribution in [0.1, 0.15) is 8.56 Å². The second-order valence-corrected chi connectivity index (χ2v) is 1.79. The maximum atomic E-state index is 9.35. The topological polar surface area (TPSA) is 66.8 Å². The Balaban J connectivity index is -0.00000000347. The van der Waals surface area contributed by atoms with Crippen LogP contribution in [0.5, 0.6) is 0 Å². The third-order valence-corrected chi connectivity index (χ3v) is 0.412. The summed E-state index contributed by atoms with van der Waals surface area (Å²) in [5, 5.41) is 0. The van der Waals surface area contributed by atoms with Crippen molar-refractivity contribution < 1.29 is 27.4 Å². The summed E-state index contributed by atoms with van der Waals surface area (Å²) in [7, 11) is -0.326. The Morgan fingerprint density at radius 1 is 1.33 bits per heavy atom. The van der Waals surface area contributed by atoms with E-state index in [9.17, 15) is 4.57 Å². The van der Waals surface area contributed by atoms with Gasteiger partial charge in [-0.1, -0.05) is 0 Å². The van der Waals surface area contributed by atoms with E-state index in [4.69, 9.17) is 9.79 Å². The van der Waals surface area contributed by atoms with Gasteiger partial charge < -0.3 is 22.8 Å². The Morgan fingerprint density at radius 2 is 1.44 bits per heavy atom. The normalized spacial score (nSPS) is 7.78. The molecule has 0 heterocycles. The van der Waals surface area contributed by atoms with Gasteiger partial charge in [-0.05, 0) is 0 Å². The molecule has 0 bridgehead atoms. The molecule has 46 valence electrons. The van der Waals surface area contributed by atoms with Gasteiger partial charge in [0.15, 0.2) is 0 Å². The van der Waals surface area contributed by atoms with Crippen LogP contribution in [-0.4, -0.2) is 131 Å². The first-order chi connectivity index (χ1) is 2.56. The summed E-state index contributed by atoms with van der Waals surface area (Å²) in [6.45, 7) is 0. The van der Waals surface area contributed by atoms with E-state index in [0.717, 1.165) is 0 Å². The van der Waals surface area contributed by atoms with Gasteiger partial charge >= 0.3 is 121 Å². The smallest absolute Gasteiger partial charge is 1.00 e. The van der Waals surface area contributed by atoms with Crippen LogP contribution in [0.3, 0.4) is 0 Å². The van der Waals surface area contributed by atoms with Gasteiger partial charge in [0.25, 0.3) is 8.05 Å². The van der Waals surface area contributed by atoms with E-state index in [1.54, 1.807) is 0 Å². The van der Waals surface area contributed by atoms with Crippen molar-refractivity contribution in [2.24, 2.45) is 0 Å². The van der Waals surface area contributed by atoms with Crippen LogP contribution in [0.25, 0.3) is 0 Å². The first-order valence-electron chi connectivity index (χ1n) is 1.00. The monoisotopic (exact) mass is 234 g/mol. The fourth-order valence-corrected chi connectivity index (χ4v) is 0. The van der Waals surface area contributed by atoms with E-state index in [1.165, 1.54) is 0 Å². The summed E-state index contributed by atoms with van der Waals surface area (Å²) in [5.41, 5.74) is 0. The minimum atomic E-state index is -4.37. The van der Waals surface area contributed by atoms with Gasteiger partial charge in [0.2, 0.25) is 0 Å². The number of hydrogen-bond donors (Lipinski definition) is 2. The van der Waals surface area contributed by atoms with Crippen LogP contribution < -0.4 is 0 Å². The number of rotatable bonds is 1. The van der Waals surface area contributed by atoms with Gasteiger partial charge in [0, 0.05) is 0 Å². The molecule has 0 unspecified atom stereocenters. The average molecular weight is 234 g/mol. The second-order valence-electron chi connectivity index (χ2n) is 0.596. The molecule has 9 heavy (non-hydrogen) atoms. The fraction of sp³-hybridized carbons (Fsp3) is 0. The largest absolute Gasteiger partial charge is 2.00 e. The molecule has 0 saturated carbocycles. The van der Waals surface area contributed by atoms with Gasteiger partial charge in [0.05, 0.1) is 0 Å². The molecule has 0 rings (SSSR count). The van der Waals surface area contributed by atoms with E-state index >= 15 is 0 Å². The van der Waals surface area contributed by atoms with Crippen LogP contribution >= 0.6 is 7.82 Å². The molecule has 0 spiro atoms. The fourth-order valence-electron chi connectivity index (χ4n) is 0. The molecule has 0 aliphatic rings. The Morgan fingerprint density at radius 3 is 1.44 bits per heavy atom. The Labute approximate surface area is 153 Å². The minimum Gasteiger partial charge on any atom is -1.00 e. The van der Waals surface area contributed by atoms with Gasteiger partial charge in [-0.25, -0.2) is 4.57 Å². The van der Waals surface area contributed by atoms with Crippen molar-refractivity contribution in [3.8, 4) is 0 Å². The Kier molecular flexibility index (Phi) is 30.7. The molecule has 2 radical (unpaired) electrons. The molecule has 0 atom stereocenters. The zero-order chi connectivity index (χ0) is 5.21. The van der Waals surface area contributed by atoms with Crippen LogP contribution in [-0.2, 0) is 9.01 Å². The predicted octanol–water partition coefficient (Wildman–Crippen LogP) is -1.29. The van der Waals surface area contributed by atoms with E-state index < -0.39 is 7.82 Å². The first kappa shape index (κ1) is 23.1. The standard InChI is InChI=1S/BH2O4P.3Ca.6H/c1-5-6(2,3)4;;;;;;;;;/h(H2,2,3,4);;;;;;;;;/q;3*+2;6*-1. The third-order valence-electron chi connectivity index (χ3n) is 0.137. The van der Waals surface area contributed by atoms with E-state index in [2.05, 4.69) is 12.5 Å². The predicted molar refractivity (Wildman–Crippen MR) is 42.8 cm³/mol. The van der Waals surface area contributed by atoms with Gasteiger partial charge in [-0.3, -0.25) is 0 Å². The third kappa shape index (κ3) is 24.5. The average Bonchev–Trinajstić information content (AvgIpc) is 1.35. The van der Waals surface area contributed by atoms with Gasteiger partial charge in [0.1, 0.15) is 0 Å². The molecule has 0 aliphatic carbocycles. The first-order valence-corrected chi connectivity index (χ1v) is 2.53. The SMILES string of the molecule is [B]OP(=O)(O)O.[Ca+2].[Ca+2].[Ca+2].[H-].[H-].[H-].[H-].[H-].[H-]. The van der Waals surface area contributed by atoms with E-state index in [-0.39, 0.29) is 122 Å². The molecule has 0 aromatic carbocycles. The quantitative estimate of drug-likeness (QED) is 0.437. The summed E-state index contributed by atoms with van der Waals surface area (Å²) in [5.74, 6) is 0. The summed E-state index contributed by atoms with van der Waals surface area (Å²) < 4.78 is 12.5. The van der Waals surface area contributed by atoms with Crippen LogP contribution in [0, 0.1) is 0 Å². The van der Waals surface area contributed by atoms with Gasteiger partial charge in [-0.2, -0.15) is 0 Å². The summed E-state index contributed by atoms with van der Waals surface area (Å²) in [4.78, 5) is 15.2. The van der Waals surface area contributed by atoms with Crippen molar-refractivity contribution in [3.05, 3.63) is 0 Å². The van der Waals surface area contributed by atoms with Crippen molar-refractivity contribution in [2.45, 2.75) is 0 Å². The molecule has 0 aliphatic heterocycles. The molecule has 0 fully saturated rings. The summed E-state index contributed by atoms with van der Waals surface area (Å²) in [6.07, 6.45) is 0. The van der Waals surface area contributed by atoms with Crippen molar-refractivity contribution >= 4 is 129 Å². The Bertz CT molecular complexity index is 94.4. The van der Waals surface area contributed by atoms with Crippen molar-refractivity contribution in [3.63, 3.8) is 0 Å². The van der Waals surface area contributed by atoms with Crippen molar-refractivity contribution in [1.29, 1.82) is 0 Å². The van der Waals surface area contributed by atoms with Crippen LogP contribution in [0.2, 0.25) is 0 Å². The molecule has 9 heteroatoms. The molecule has 4 nitrogen and oxygen atoms in total. The molecule has 2 N–H and O–H groups in total. The number of phosphoric acid groups is 1. The number of hydrogen-bond acceptors (Lipinski definition) is 2. The van der Waals surface area contributed by atoms with E-state index in [0.29, 0.717) is 0 Å². The molecule has 0 aromatic heterocycles. The van der Waals surface area contributed by atoms with Crippen molar-refractivity contribution in [1.82, 2.24) is 0 Å². The zero-order valence-corrected chi connectivity index (χ0v) is 12.4. The molecular weight excluding hydrogens is 226 g/mol. The summed E-state index contributed by atoms with van der Waals surface area (Å²) >= 11 is 0.